The van der Waals surface area contributed by atoms with Gasteiger partial charge >= 0.3 is 0 Å². The highest BCUT2D eigenvalue weighted by atomic mass is 16.5. The molecule has 0 aliphatic heterocycles. The maximum Gasteiger partial charge on any atom is 0.120 e. The van der Waals surface area contributed by atoms with Gasteiger partial charge in [0.25, 0.3) is 0 Å². The Kier molecular flexibility index (Phi) is 5.24. The molecule has 0 heterocycles. The van der Waals surface area contributed by atoms with Crippen LogP contribution < -0.4 is 15.0 Å². The Morgan fingerprint density at radius 1 is 1.50 bits per heavy atom. The van der Waals surface area contributed by atoms with E-state index < -0.39 is 0 Å². The summed E-state index contributed by atoms with van der Waals surface area (Å²) in [5, 5.41) is 3.16. The van der Waals surface area contributed by atoms with Crippen molar-refractivity contribution >= 4 is 5.69 Å². The maximum absolute atomic E-state index is 5.18. The van der Waals surface area contributed by atoms with Crippen molar-refractivity contribution in [3.8, 4) is 18.1 Å². The SMILES string of the molecule is C#CCNCCN(C)c1cccc(OC)c1. The molecule has 0 amide bonds. The quantitative estimate of drug-likeness (QED) is 0.576. The van der Waals surface area contributed by atoms with Crippen LogP contribution in [-0.2, 0) is 0 Å². The lowest BCUT2D eigenvalue weighted by Crippen LogP contribution is -2.29. The average molecular weight is 218 g/mol. The average Bonchev–Trinajstić information content (AvgIpc) is 2.34. The zero-order valence-corrected chi connectivity index (χ0v) is 9.86. The molecule has 0 aliphatic rings. The third-order valence-corrected chi connectivity index (χ3v) is 2.35. The Morgan fingerprint density at radius 3 is 3.00 bits per heavy atom. The summed E-state index contributed by atoms with van der Waals surface area (Å²) >= 11 is 0. The fourth-order valence-corrected chi connectivity index (χ4v) is 1.38. The summed E-state index contributed by atoms with van der Waals surface area (Å²) < 4.78 is 5.18. The number of nitrogens with one attached hydrogen (secondary N) is 1. The van der Waals surface area contributed by atoms with Gasteiger partial charge in [-0.1, -0.05) is 12.0 Å². The molecule has 0 unspecified atom stereocenters. The zero-order chi connectivity index (χ0) is 11.8. The highest BCUT2D eigenvalue weighted by Crippen LogP contribution is 2.19. The van der Waals surface area contributed by atoms with Gasteiger partial charge < -0.3 is 15.0 Å². The summed E-state index contributed by atoms with van der Waals surface area (Å²) in [6.07, 6.45) is 5.15. The van der Waals surface area contributed by atoms with Crippen molar-refractivity contribution in [3.63, 3.8) is 0 Å². The summed E-state index contributed by atoms with van der Waals surface area (Å²) in [5.41, 5.74) is 1.14. The summed E-state index contributed by atoms with van der Waals surface area (Å²) in [4.78, 5) is 2.16. The summed E-state index contributed by atoms with van der Waals surface area (Å²) in [7, 11) is 3.72. The van der Waals surface area contributed by atoms with Gasteiger partial charge in [0.15, 0.2) is 0 Å². The number of anilines is 1. The standard InChI is InChI=1S/C13H18N2O/c1-4-8-14-9-10-15(2)12-6-5-7-13(11-12)16-3/h1,5-7,11,14H,8-10H2,2-3H3. The van der Waals surface area contributed by atoms with E-state index in [2.05, 4.69) is 22.2 Å². The molecule has 0 bridgehead atoms. The van der Waals surface area contributed by atoms with Gasteiger partial charge in [0.05, 0.1) is 13.7 Å². The fourth-order valence-electron chi connectivity index (χ4n) is 1.38. The van der Waals surface area contributed by atoms with Crippen molar-refractivity contribution in [2.75, 3.05) is 38.7 Å². The van der Waals surface area contributed by atoms with E-state index in [1.165, 1.54) is 0 Å². The Bertz CT molecular complexity index is 357. The molecule has 0 aliphatic carbocycles. The summed E-state index contributed by atoms with van der Waals surface area (Å²) in [5.74, 6) is 3.43. The molecule has 1 N–H and O–H groups in total. The van der Waals surface area contributed by atoms with E-state index >= 15 is 0 Å². The molecular weight excluding hydrogens is 200 g/mol. The zero-order valence-electron chi connectivity index (χ0n) is 9.86. The second kappa shape index (κ2) is 6.76. The molecule has 1 rings (SSSR count). The molecule has 0 atom stereocenters. The number of likely N-dealkylation sites (N-methyl/N-ethyl adjacent to an activating group) is 1. The van der Waals surface area contributed by atoms with Crippen LogP contribution in [0.15, 0.2) is 24.3 Å². The number of ether oxygens (including phenoxy) is 1. The fraction of sp³-hybridized carbons (Fsp3) is 0.385. The van der Waals surface area contributed by atoms with Crippen LogP contribution in [0.4, 0.5) is 5.69 Å². The number of methoxy groups -OCH3 is 1. The molecule has 1 aromatic rings. The van der Waals surface area contributed by atoms with E-state index in [4.69, 9.17) is 11.2 Å². The molecule has 1 aromatic carbocycles. The molecule has 0 spiro atoms. The summed E-state index contributed by atoms with van der Waals surface area (Å²) in [6, 6.07) is 8.00. The van der Waals surface area contributed by atoms with Crippen LogP contribution in [0.2, 0.25) is 0 Å². The highest BCUT2D eigenvalue weighted by Gasteiger charge is 2.01. The van der Waals surface area contributed by atoms with Crippen molar-refractivity contribution in [3.05, 3.63) is 24.3 Å². The van der Waals surface area contributed by atoms with E-state index in [1.807, 2.05) is 25.2 Å². The highest BCUT2D eigenvalue weighted by molar-refractivity contribution is 5.50. The minimum Gasteiger partial charge on any atom is -0.497 e. The lowest BCUT2D eigenvalue weighted by atomic mass is 10.3. The minimum absolute atomic E-state index is 0.617. The molecule has 3 heteroatoms. The van der Waals surface area contributed by atoms with Crippen molar-refractivity contribution in [2.24, 2.45) is 0 Å². The van der Waals surface area contributed by atoms with Gasteiger partial charge in [-0.3, -0.25) is 0 Å². The second-order valence-corrected chi connectivity index (χ2v) is 3.50. The van der Waals surface area contributed by atoms with Crippen molar-refractivity contribution < 1.29 is 4.74 Å². The van der Waals surface area contributed by atoms with Crippen LogP contribution in [-0.4, -0.2) is 33.8 Å². The smallest absolute Gasteiger partial charge is 0.120 e. The first kappa shape index (κ1) is 12.4. The van der Waals surface area contributed by atoms with Gasteiger partial charge in [-0.2, -0.15) is 0 Å². The normalized spacial score (nSPS) is 9.56. The molecule has 0 saturated heterocycles. The van der Waals surface area contributed by atoms with E-state index in [0.717, 1.165) is 24.5 Å². The molecule has 0 radical (unpaired) electrons. The van der Waals surface area contributed by atoms with Crippen LogP contribution in [0.3, 0.4) is 0 Å². The van der Waals surface area contributed by atoms with E-state index in [9.17, 15) is 0 Å². The van der Waals surface area contributed by atoms with Gasteiger partial charge in [0, 0.05) is 31.9 Å². The third-order valence-electron chi connectivity index (χ3n) is 2.35. The van der Waals surface area contributed by atoms with Crippen LogP contribution in [0.1, 0.15) is 0 Å². The third kappa shape index (κ3) is 3.84. The number of nitrogens with zero attached hydrogens (tertiary/aromatic N) is 1. The monoisotopic (exact) mass is 218 g/mol. The van der Waals surface area contributed by atoms with Gasteiger partial charge in [-0.05, 0) is 12.1 Å². The van der Waals surface area contributed by atoms with Gasteiger partial charge in [-0.15, -0.1) is 6.42 Å². The lowest BCUT2D eigenvalue weighted by molar-refractivity contribution is 0.415. The second-order valence-electron chi connectivity index (χ2n) is 3.50. The van der Waals surface area contributed by atoms with Crippen LogP contribution >= 0.6 is 0 Å². The van der Waals surface area contributed by atoms with Crippen LogP contribution in [0.5, 0.6) is 5.75 Å². The Labute approximate surface area is 97.4 Å². The molecule has 86 valence electrons. The number of rotatable bonds is 6. The number of terminal acetylenes is 1. The summed E-state index contributed by atoms with van der Waals surface area (Å²) in [6.45, 7) is 2.40. The Hall–Kier alpha value is -1.66. The largest absolute Gasteiger partial charge is 0.497 e. The van der Waals surface area contributed by atoms with Crippen molar-refractivity contribution in [1.29, 1.82) is 0 Å². The molecule has 0 saturated carbocycles. The Balaban J connectivity index is 2.46. The van der Waals surface area contributed by atoms with Gasteiger partial charge in [-0.25, -0.2) is 0 Å². The van der Waals surface area contributed by atoms with Gasteiger partial charge in [0.2, 0.25) is 0 Å². The Morgan fingerprint density at radius 2 is 2.31 bits per heavy atom. The number of benzene rings is 1. The van der Waals surface area contributed by atoms with E-state index in [0.29, 0.717) is 6.54 Å². The first-order valence-corrected chi connectivity index (χ1v) is 5.27. The molecule has 3 nitrogen and oxygen atoms in total. The predicted molar refractivity (Wildman–Crippen MR) is 68.0 cm³/mol. The van der Waals surface area contributed by atoms with Gasteiger partial charge in [0.1, 0.15) is 5.75 Å². The van der Waals surface area contributed by atoms with E-state index in [1.54, 1.807) is 7.11 Å². The van der Waals surface area contributed by atoms with Crippen molar-refractivity contribution in [2.45, 2.75) is 0 Å². The first-order chi connectivity index (χ1) is 7.77. The maximum atomic E-state index is 5.18. The minimum atomic E-state index is 0.617. The van der Waals surface area contributed by atoms with Crippen LogP contribution in [0.25, 0.3) is 0 Å². The molecule has 16 heavy (non-hydrogen) atoms. The number of hydrogen-bond donors (Lipinski definition) is 1. The van der Waals surface area contributed by atoms with Crippen LogP contribution in [0, 0.1) is 12.3 Å². The van der Waals surface area contributed by atoms with Crippen molar-refractivity contribution in [1.82, 2.24) is 5.32 Å². The number of hydrogen-bond acceptors (Lipinski definition) is 3. The molecule has 0 fully saturated rings. The molecular formula is C13H18N2O. The molecule has 0 aromatic heterocycles. The predicted octanol–water partition coefficient (Wildman–Crippen LogP) is 1.35. The lowest BCUT2D eigenvalue weighted by Gasteiger charge is -2.19. The van der Waals surface area contributed by atoms with E-state index in [-0.39, 0.29) is 0 Å². The first-order valence-electron chi connectivity index (χ1n) is 5.27. The topological polar surface area (TPSA) is 24.5 Å².